The van der Waals surface area contributed by atoms with Crippen molar-refractivity contribution in [3.05, 3.63) is 59.4 Å². The molecule has 0 aromatic heterocycles. The second-order valence-electron chi connectivity index (χ2n) is 6.54. The highest BCUT2D eigenvalue weighted by Crippen LogP contribution is 2.26. The lowest BCUT2D eigenvalue weighted by molar-refractivity contribution is 0.0595. The molecular formula is C21H25FN2O3. The normalized spacial score (nSPS) is 16.6. The predicted molar refractivity (Wildman–Crippen MR) is 102 cm³/mol. The van der Waals surface area contributed by atoms with E-state index in [-0.39, 0.29) is 17.6 Å². The molecule has 6 heteroatoms. The van der Waals surface area contributed by atoms with Crippen LogP contribution in [0.5, 0.6) is 11.5 Å². The van der Waals surface area contributed by atoms with Crippen molar-refractivity contribution in [3.63, 3.8) is 0 Å². The van der Waals surface area contributed by atoms with Gasteiger partial charge in [0.15, 0.2) is 0 Å². The van der Waals surface area contributed by atoms with E-state index in [0.717, 1.165) is 18.4 Å². The lowest BCUT2D eigenvalue weighted by Gasteiger charge is -2.17. The van der Waals surface area contributed by atoms with Crippen molar-refractivity contribution in [1.29, 1.82) is 0 Å². The van der Waals surface area contributed by atoms with Crippen LogP contribution in [0.25, 0.3) is 0 Å². The molecule has 3 rings (SSSR count). The van der Waals surface area contributed by atoms with Gasteiger partial charge >= 0.3 is 0 Å². The van der Waals surface area contributed by atoms with Crippen molar-refractivity contribution in [2.45, 2.75) is 25.9 Å². The van der Waals surface area contributed by atoms with Gasteiger partial charge in [-0.15, -0.1) is 0 Å². The summed E-state index contributed by atoms with van der Waals surface area (Å²) in [5.41, 5.74) is 6.69. The van der Waals surface area contributed by atoms with Crippen LogP contribution in [0.4, 0.5) is 4.39 Å². The van der Waals surface area contributed by atoms with Gasteiger partial charge in [-0.2, -0.15) is 0 Å². The van der Waals surface area contributed by atoms with E-state index < -0.39 is 5.82 Å². The molecule has 1 aliphatic rings. The van der Waals surface area contributed by atoms with Crippen molar-refractivity contribution in [3.8, 4) is 11.5 Å². The molecule has 0 spiro atoms. The summed E-state index contributed by atoms with van der Waals surface area (Å²) in [6, 6.07) is 11.8. The lowest BCUT2D eigenvalue weighted by Crippen LogP contribution is -2.30. The second-order valence-corrected chi connectivity index (χ2v) is 6.54. The Bertz CT molecular complexity index is 779. The number of nitrogens with zero attached hydrogens (tertiary/aromatic N) is 1. The Kier molecular flexibility index (Phi) is 6.42. The molecule has 5 nitrogen and oxygen atoms in total. The minimum Gasteiger partial charge on any atom is -0.457 e. The number of nitrogens with two attached hydrogens (primary N) is 1. The van der Waals surface area contributed by atoms with E-state index in [9.17, 15) is 9.18 Å². The largest absolute Gasteiger partial charge is 0.457 e. The van der Waals surface area contributed by atoms with Crippen LogP contribution in [0.1, 0.15) is 29.3 Å². The topological polar surface area (TPSA) is 64.8 Å². The predicted octanol–water partition coefficient (Wildman–Crippen LogP) is 3.37. The van der Waals surface area contributed by atoms with Gasteiger partial charge in [0.2, 0.25) is 0 Å². The lowest BCUT2D eigenvalue weighted by atomic mass is 10.1. The molecule has 0 radical (unpaired) electrons. The van der Waals surface area contributed by atoms with Gasteiger partial charge in [-0.25, -0.2) is 4.39 Å². The third kappa shape index (κ3) is 4.84. The van der Waals surface area contributed by atoms with E-state index in [0.29, 0.717) is 37.7 Å². The fraction of sp³-hybridized carbons (Fsp3) is 0.381. The Morgan fingerprint density at radius 3 is 2.67 bits per heavy atom. The Balaban J connectivity index is 1.71. The monoisotopic (exact) mass is 372 g/mol. The van der Waals surface area contributed by atoms with E-state index in [1.807, 2.05) is 31.2 Å². The van der Waals surface area contributed by atoms with Crippen LogP contribution < -0.4 is 10.5 Å². The first-order valence-electron chi connectivity index (χ1n) is 9.28. The molecule has 1 fully saturated rings. The number of carbonyl (C=O) groups is 1. The maximum Gasteiger partial charge on any atom is 0.257 e. The van der Waals surface area contributed by atoms with Gasteiger partial charge in [-0.1, -0.05) is 12.1 Å². The highest BCUT2D eigenvalue weighted by Gasteiger charge is 2.28. The van der Waals surface area contributed by atoms with Gasteiger partial charge in [-0.05, 0) is 62.2 Å². The zero-order valence-corrected chi connectivity index (χ0v) is 15.5. The van der Waals surface area contributed by atoms with Crippen molar-refractivity contribution >= 4 is 5.91 Å². The van der Waals surface area contributed by atoms with Crippen LogP contribution in [0.2, 0.25) is 0 Å². The first-order valence-corrected chi connectivity index (χ1v) is 9.28. The van der Waals surface area contributed by atoms with Crippen molar-refractivity contribution in [2.24, 2.45) is 5.73 Å². The number of halogens is 1. The zero-order chi connectivity index (χ0) is 19.2. The molecule has 1 atom stereocenters. The Morgan fingerprint density at radius 1 is 1.22 bits per heavy atom. The molecule has 1 unspecified atom stereocenters. The number of rotatable bonds is 7. The van der Waals surface area contributed by atoms with Crippen LogP contribution in [-0.2, 0) is 11.2 Å². The molecule has 1 saturated heterocycles. The van der Waals surface area contributed by atoms with E-state index in [2.05, 4.69) is 0 Å². The molecule has 27 heavy (non-hydrogen) atoms. The SMILES string of the molecule is CCOC1CCN(C(=O)c2cc(Oc3ccc(CCN)cc3)ccc2F)C1. The molecule has 2 N–H and O–H groups in total. The number of carbonyl (C=O) groups excluding carboxylic acids is 1. The van der Waals surface area contributed by atoms with Gasteiger partial charge in [-0.3, -0.25) is 4.79 Å². The Labute approximate surface area is 158 Å². The first-order chi connectivity index (χ1) is 13.1. The number of hydrogen-bond acceptors (Lipinski definition) is 4. The molecule has 1 heterocycles. The van der Waals surface area contributed by atoms with Gasteiger partial charge in [0, 0.05) is 19.7 Å². The zero-order valence-electron chi connectivity index (χ0n) is 15.5. The fourth-order valence-electron chi connectivity index (χ4n) is 3.21. The van der Waals surface area contributed by atoms with Crippen LogP contribution in [-0.4, -0.2) is 43.2 Å². The van der Waals surface area contributed by atoms with Crippen molar-refractivity contribution in [1.82, 2.24) is 4.90 Å². The van der Waals surface area contributed by atoms with Crippen LogP contribution in [0, 0.1) is 5.82 Å². The Hall–Kier alpha value is -2.44. The number of hydrogen-bond donors (Lipinski definition) is 1. The molecule has 0 saturated carbocycles. The van der Waals surface area contributed by atoms with E-state index in [4.69, 9.17) is 15.2 Å². The molecule has 0 bridgehead atoms. The smallest absolute Gasteiger partial charge is 0.257 e. The third-order valence-corrected chi connectivity index (χ3v) is 4.59. The maximum absolute atomic E-state index is 14.2. The summed E-state index contributed by atoms with van der Waals surface area (Å²) in [4.78, 5) is 14.3. The molecule has 144 valence electrons. The molecular weight excluding hydrogens is 347 g/mol. The maximum atomic E-state index is 14.2. The highest BCUT2D eigenvalue weighted by atomic mass is 19.1. The number of ether oxygens (including phenoxy) is 2. The van der Waals surface area contributed by atoms with Crippen LogP contribution in [0.3, 0.4) is 0 Å². The molecule has 0 aliphatic carbocycles. The molecule has 1 aliphatic heterocycles. The van der Waals surface area contributed by atoms with Gasteiger partial charge in [0.1, 0.15) is 17.3 Å². The molecule has 1 amide bonds. The summed E-state index contributed by atoms with van der Waals surface area (Å²) in [6.07, 6.45) is 1.59. The first kappa shape index (κ1) is 19.3. The highest BCUT2D eigenvalue weighted by molar-refractivity contribution is 5.95. The number of amides is 1. The average Bonchev–Trinajstić information content (AvgIpc) is 3.13. The minimum absolute atomic E-state index is 0.0180. The van der Waals surface area contributed by atoms with E-state index >= 15 is 0 Å². The van der Waals surface area contributed by atoms with Gasteiger partial charge in [0.25, 0.3) is 5.91 Å². The van der Waals surface area contributed by atoms with Crippen LogP contribution in [0.15, 0.2) is 42.5 Å². The minimum atomic E-state index is -0.550. The number of benzene rings is 2. The molecule has 2 aromatic carbocycles. The quantitative estimate of drug-likeness (QED) is 0.809. The summed E-state index contributed by atoms with van der Waals surface area (Å²) >= 11 is 0. The average molecular weight is 372 g/mol. The van der Waals surface area contributed by atoms with Gasteiger partial charge < -0.3 is 20.1 Å². The van der Waals surface area contributed by atoms with E-state index in [1.54, 1.807) is 4.90 Å². The van der Waals surface area contributed by atoms with Gasteiger partial charge in [0.05, 0.1) is 11.7 Å². The van der Waals surface area contributed by atoms with Crippen molar-refractivity contribution < 1.29 is 18.7 Å². The van der Waals surface area contributed by atoms with Crippen molar-refractivity contribution in [2.75, 3.05) is 26.2 Å². The summed E-state index contributed by atoms with van der Waals surface area (Å²) in [6.45, 7) is 4.17. The van der Waals surface area contributed by atoms with E-state index in [1.165, 1.54) is 18.2 Å². The molecule has 2 aromatic rings. The standard InChI is InChI=1S/C21H25FN2O3/c1-2-26-18-10-12-24(14-18)21(25)19-13-17(7-8-20(19)22)27-16-5-3-15(4-6-16)9-11-23/h3-8,13,18H,2,9-12,14,23H2,1H3. The fourth-order valence-corrected chi connectivity index (χ4v) is 3.21. The summed E-state index contributed by atoms with van der Waals surface area (Å²) < 4.78 is 25.6. The summed E-state index contributed by atoms with van der Waals surface area (Å²) in [5, 5.41) is 0. The summed E-state index contributed by atoms with van der Waals surface area (Å²) in [7, 11) is 0. The van der Waals surface area contributed by atoms with Crippen LogP contribution >= 0.6 is 0 Å². The third-order valence-electron chi connectivity index (χ3n) is 4.59. The summed E-state index contributed by atoms with van der Waals surface area (Å²) in [5.74, 6) is 0.161. The second kappa shape index (κ2) is 8.97. The Morgan fingerprint density at radius 2 is 1.96 bits per heavy atom. The number of likely N-dealkylation sites (tertiary alicyclic amines) is 1.